The molecule has 2 rings (SSSR count). The first kappa shape index (κ1) is 15.3. The van der Waals surface area contributed by atoms with Crippen molar-refractivity contribution in [2.75, 3.05) is 25.4 Å². The van der Waals surface area contributed by atoms with Crippen LogP contribution in [0.25, 0.3) is 0 Å². The number of rotatable bonds is 7. The minimum atomic E-state index is -0.671. The van der Waals surface area contributed by atoms with Gasteiger partial charge in [0.2, 0.25) is 0 Å². The smallest absolute Gasteiger partial charge is 0.119 e. The zero-order chi connectivity index (χ0) is 15.1. The molecule has 0 bridgehead atoms. The summed E-state index contributed by atoms with van der Waals surface area (Å²) in [5.41, 5.74) is 1.09. The van der Waals surface area contributed by atoms with Gasteiger partial charge in [-0.3, -0.25) is 0 Å². The second kappa shape index (κ2) is 7.64. The summed E-state index contributed by atoms with van der Waals surface area (Å²) < 4.78 is 10.2. The van der Waals surface area contributed by atoms with Crippen LogP contribution < -0.4 is 9.80 Å². The van der Waals surface area contributed by atoms with E-state index >= 15 is 0 Å². The molecule has 0 radical (unpaired) electrons. The Bertz CT molecular complexity index is 530. The predicted octanol–water partition coefficient (Wildman–Crippen LogP) is 2.71. The van der Waals surface area contributed by atoms with Crippen molar-refractivity contribution in [1.82, 2.24) is 0 Å². The van der Waals surface area contributed by atoms with Gasteiger partial charge in [-0.1, -0.05) is 18.2 Å². The summed E-state index contributed by atoms with van der Waals surface area (Å²) >= 11 is 0. The Kier molecular flexibility index (Phi) is 5.57. The lowest BCUT2D eigenvalue weighted by Gasteiger charge is -2.30. The van der Waals surface area contributed by atoms with E-state index in [9.17, 15) is 10.3 Å². The lowest BCUT2D eigenvalue weighted by Crippen LogP contribution is -2.22. The highest BCUT2D eigenvalue weighted by Gasteiger charge is 2.05. The summed E-state index contributed by atoms with van der Waals surface area (Å²) in [6.07, 6.45) is -0.671. The normalized spacial score (nSPS) is 12.0. The highest BCUT2D eigenvalue weighted by atomic mass is 16.5. The molecule has 2 aromatic carbocycles. The van der Waals surface area contributed by atoms with E-state index in [1.54, 1.807) is 36.4 Å². The molecule has 1 N–H and O–H groups in total. The van der Waals surface area contributed by atoms with Crippen molar-refractivity contribution in [2.24, 2.45) is 0 Å². The van der Waals surface area contributed by atoms with Crippen LogP contribution >= 0.6 is 0 Å². The Morgan fingerprint density at radius 2 is 1.62 bits per heavy atom. The highest BCUT2D eigenvalue weighted by molar-refractivity contribution is 5.64. The lowest BCUT2D eigenvalue weighted by molar-refractivity contribution is 0.0325. The molecule has 1 atom stereocenters. The summed E-state index contributed by atoms with van der Waals surface area (Å²) in [5.74, 6) is 0.593. The van der Waals surface area contributed by atoms with E-state index in [-0.39, 0.29) is 13.2 Å². The zero-order valence-electron chi connectivity index (χ0n) is 11.8. The van der Waals surface area contributed by atoms with Gasteiger partial charge in [-0.05, 0) is 36.4 Å². The first-order valence-electron chi connectivity index (χ1n) is 6.63. The molecule has 21 heavy (non-hydrogen) atoms. The minimum Gasteiger partial charge on any atom is -0.754 e. The second-order valence-corrected chi connectivity index (χ2v) is 4.54. The monoisotopic (exact) mass is 288 g/mol. The number of anilines is 2. The van der Waals surface area contributed by atoms with E-state index in [2.05, 4.69) is 0 Å². The molecule has 5 nitrogen and oxygen atoms in total. The van der Waals surface area contributed by atoms with Gasteiger partial charge in [0.05, 0.1) is 6.61 Å². The van der Waals surface area contributed by atoms with Gasteiger partial charge in [-0.25, -0.2) is 0 Å². The van der Waals surface area contributed by atoms with E-state index < -0.39 is 6.10 Å². The second-order valence-electron chi connectivity index (χ2n) is 4.54. The van der Waals surface area contributed by atoms with Gasteiger partial charge in [0.25, 0.3) is 0 Å². The summed E-state index contributed by atoms with van der Waals surface area (Å²) in [4.78, 5) is 0. The SMILES string of the molecule is COCC(O)COc1ccc(N([O-])c2ccccc2)cc1. The van der Waals surface area contributed by atoms with Crippen molar-refractivity contribution < 1.29 is 14.6 Å². The fourth-order valence-corrected chi connectivity index (χ4v) is 1.82. The Balaban J connectivity index is 1.96. The number of ether oxygens (including phenoxy) is 2. The maximum atomic E-state index is 12.1. The van der Waals surface area contributed by atoms with Crippen molar-refractivity contribution in [3.8, 4) is 5.75 Å². The van der Waals surface area contributed by atoms with Gasteiger partial charge >= 0.3 is 0 Å². The summed E-state index contributed by atoms with van der Waals surface area (Å²) in [6, 6.07) is 15.7. The molecule has 2 aromatic rings. The summed E-state index contributed by atoms with van der Waals surface area (Å²) in [6.45, 7) is 0.368. The van der Waals surface area contributed by atoms with Crippen molar-refractivity contribution in [2.45, 2.75) is 6.10 Å². The Labute approximate surface area is 123 Å². The van der Waals surface area contributed by atoms with Crippen molar-refractivity contribution >= 4 is 11.4 Å². The van der Waals surface area contributed by atoms with Crippen molar-refractivity contribution in [1.29, 1.82) is 0 Å². The van der Waals surface area contributed by atoms with Gasteiger partial charge in [-0.15, -0.1) is 0 Å². The molecule has 0 heterocycles. The molecule has 0 saturated heterocycles. The number of hydrogen-bond acceptors (Lipinski definition) is 5. The van der Waals surface area contributed by atoms with Gasteiger partial charge in [-0.2, -0.15) is 0 Å². The standard InChI is InChI=1S/C16H18NO4/c1-20-11-15(18)12-21-16-9-7-14(8-10-16)17(19)13-5-3-2-4-6-13/h2-10,15,18H,11-12H2,1H3/q-1. The van der Waals surface area contributed by atoms with Crippen LogP contribution in [0.15, 0.2) is 54.6 Å². The molecule has 5 heteroatoms. The van der Waals surface area contributed by atoms with Crippen LogP contribution in [0.5, 0.6) is 5.75 Å². The third kappa shape index (κ3) is 4.46. The number of aliphatic hydroxyl groups is 1. The van der Waals surface area contributed by atoms with Crippen LogP contribution in [0.1, 0.15) is 0 Å². The topological polar surface area (TPSA) is 65.0 Å². The van der Waals surface area contributed by atoms with Crippen LogP contribution in [0, 0.1) is 5.21 Å². The van der Waals surface area contributed by atoms with E-state index in [1.807, 2.05) is 18.2 Å². The minimum absolute atomic E-state index is 0.146. The molecular formula is C16H18NO4-. The van der Waals surface area contributed by atoms with Gasteiger partial charge in [0.15, 0.2) is 0 Å². The Hall–Kier alpha value is -2.08. The van der Waals surface area contributed by atoms with Crippen molar-refractivity contribution in [3.05, 3.63) is 59.8 Å². The van der Waals surface area contributed by atoms with E-state index in [1.165, 1.54) is 7.11 Å². The third-order valence-electron chi connectivity index (χ3n) is 2.86. The molecule has 0 amide bonds. The van der Waals surface area contributed by atoms with Crippen LogP contribution in [0.2, 0.25) is 0 Å². The Morgan fingerprint density at radius 1 is 1.00 bits per heavy atom. The average molecular weight is 288 g/mol. The largest absolute Gasteiger partial charge is 0.754 e. The summed E-state index contributed by atoms with van der Waals surface area (Å²) in [5, 5.41) is 22.5. The Morgan fingerprint density at radius 3 is 2.24 bits per heavy atom. The van der Waals surface area contributed by atoms with Crippen LogP contribution in [0.4, 0.5) is 11.4 Å². The van der Waals surface area contributed by atoms with Gasteiger partial charge in [0.1, 0.15) is 18.5 Å². The van der Waals surface area contributed by atoms with Gasteiger partial charge < -0.3 is 24.9 Å². The van der Waals surface area contributed by atoms with Crippen LogP contribution in [-0.4, -0.2) is 31.5 Å². The van der Waals surface area contributed by atoms with Crippen molar-refractivity contribution in [3.63, 3.8) is 0 Å². The molecule has 0 fully saturated rings. The maximum Gasteiger partial charge on any atom is 0.119 e. The molecule has 0 spiro atoms. The molecule has 1 unspecified atom stereocenters. The number of aliphatic hydroxyl groups excluding tert-OH is 1. The first-order chi connectivity index (χ1) is 10.2. The number of hydrogen-bond donors (Lipinski definition) is 1. The van der Waals surface area contributed by atoms with E-state index in [4.69, 9.17) is 9.47 Å². The molecule has 0 aliphatic carbocycles. The molecule has 0 aromatic heterocycles. The molecule has 0 aliphatic heterocycles. The van der Waals surface area contributed by atoms with E-state index in [0.29, 0.717) is 17.1 Å². The zero-order valence-corrected chi connectivity index (χ0v) is 11.8. The van der Waals surface area contributed by atoms with Crippen LogP contribution in [0.3, 0.4) is 0 Å². The fraction of sp³-hybridized carbons (Fsp3) is 0.250. The number of nitrogens with zero attached hydrogens (tertiary/aromatic N) is 1. The molecular weight excluding hydrogens is 270 g/mol. The first-order valence-corrected chi connectivity index (χ1v) is 6.63. The fourth-order valence-electron chi connectivity index (χ4n) is 1.82. The number of benzene rings is 2. The predicted molar refractivity (Wildman–Crippen MR) is 81.8 cm³/mol. The van der Waals surface area contributed by atoms with E-state index in [0.717, 1.165) is 5.06 Å². The maximum absolute atomic E-state index is 12.1. The quantitative estimate of drug-likeness (QED) is 0.794. The number of methoxy groups -OCH3 is 1. The molecule has 112 valence electrons. The average Bonchev–Trinajstić information content (AvgIpc) is 2.54. The number of para-hydroxylation sites is 1. The molecule has 0 aliphatic rings. The third-order valence-corrected chi connectivity index (χ3v) is 2.86. The highest BCUT2D eigenvalue weighted by Crippen LogP contribution is 2.25. The molecule has 0 saturated carbocycles. The summed E-state index contributed by atoms with van der Waals surface area (Å²) in [7, 11) is 1.52. The van der Waals surface area contributed by atoms with Gasteiger partial charge in [0, 0.05) is 18.5 Å². The lowest BCUT2D eigenvalue weighted by atomic mass is 10.2. The van der Waals surface area contributed by atoms with Crippen LogP contribution in [-0.2, 0) is 4.74 Å².